The van der Waals surface area contributed by atoms with Gasteiger partial charge >= 0.3 is 17.9 Å². The lowest BCUT2D eigenvalue weighted by Crippen LogP contribution is -2.30. The highest BCUT2D eigenvalue weighted by molar-refractivity contribution is 5.71. The molecule has 0 saturated carbocycles. The average molecular weight is 1100 g/mol. The Kier molecular flexibility index (Phi) is 66.0. The number of hydrogen-bond acceptors (Lipinski definition) is 6. The van der Waals surface area contributed by atoms with Gasteiger partial charge in [-0.3, -0.25) is 14.4 Å². The van der Waals surface area contributed by atoms with Gasteiger partial charge in [0, 0.05) is 19.3 Å². The molecule has 0 aromatic heterocycles. The minimum Gasteiger partial charge on any atom is -0.462 e. The highest BCUT2D eigenvalue weighted by Gasteiger charge is 2.19. The highest BCUT2D eigenvalue weighted by atomic mass is 16.6. The van der Waals surface area contributed by atoms with Crippen molar-refractivity contribution < 1.29 is 28.6 Å². The Balaban J connectivity index is 4.12. The minimum absolute atomic E-state index is 0.0658. The SMILES string of the molecule is CCCCCC/C=C\CCCCCCCC(=O)OCC(COC(=O)CCCCCCCCCCCCCCCCCCCCCCCCCCCCCCCC)OC(=O)CCCCCCCCCCCCCCCCCCC. The normalized spacial score (nSPS) is 12.0. The lowest BCUT2D eigenvalue weighted by Gasteiger charge is -2.18. The quantitative estimate of drug-likeness (QED) is 0.0261. The molecule has 0 aliphatic heterocycles. The molecule has 1 atom stereocenters. The third-order valence-corrected chi connectivity index (χ3v) is 16.5. The summed E-state index contributed by atoms with van der Waals surface area (Å²) < 4.78 is 17.0. The van der Waals surface area contributed by atoms with Gasteiger partial charge in [-0.2, -0.15) is 0 Å². The van der Waals surface area contributed by atoms with E-state index in [1.165, 1.54) is 308 Å². The van der Waals surface area contributed by atoms with Gasteiger partial charge in [-0.25, -0.2) is 0 Å². The Bertz CT molecular complexity index is 1210. The molecule has 0 aliphatic carbocycles. The van der Waals surface area contributed by atoms with Crippen LogP contribution in [0.1, 0.15) is 412 Å². The predicted molar refractivity (Wildman–Crippen MR) is 340 cm³/mol. The molecule has 0 fully saturated rings. The van der Waals surface area contributed by atoms with E-state index in [0.29, 0.717) is 19.3 Å². The molecule has 0 aliphatic rings. The number of unbranched alkanes of at least 4 members (excludes halogenated alkanes) is 54. The van der Waals surface area contributed by atoms with E-state index in [-0.39, 0.29) is 31.1 Å². The molecule has 462 valence electrons. The molecular formula is C72H138O6. The maximum atomic E-state index is 12.9. The van der Waals surface area contributed by atoms with Crippen molar-refractivity contribution in [1.29, 1.82) is 0 Å². The van der Waals surface area contributed by atoms with E-state index >= 15 is 0 Å². The number of hydrogen-bond donors (Lipinski definition) is 0. The zero-order valence-corrected chi connectivity index (χ0v) is 53.2. The first kappa shape index (κ1) is 76.1. The molecule has 1 unspecified atom stereocenters. The van der Waals surface area contributed by atoms with Crippen LogP contribution in [0.2, 0.25) is 0 Å². The summed E-state index contributed by atoms with van der Waals surface area (Å²) >= 11 is 0. The molecule has 0 rings (SSSR count). The van der Waals surface area contributed by atoms with Gasteiger partial charge in [-0.1, -0.05) is 360 Å². The maximum absolute atomic E-state index is 12.9. The fraction of sp³-hybridized carbons (Fsp3) is 0.931. The topological polar surface area (TPSA) is 78.9 Å². The molecule has 78 heavy (non-hydrogen) atoms. The van der Waals surface area contributed by atoms with Gasteiger partial charge in [0.1, 0.15) is 13.2 Å². The van der Waals surface area contributed by atoms with Gasteiger partial charge in [0.2, 0.25) is 0 Å². The van der Waals surface area contributed by atoms with E-state index in [4.69, 9.17) is 14.2 Å². The second-order valence-corrected chi connectivity index (χ2v) is 24.5. The first-order valence-corrected chi connectivity index (χ1v) is 35.7. The lowest BCUT2D eigenvalue weighted by molar-refractivity contribution is -0.167. The molecule has 0 saturated heterocycles. The molecule has 6 nitrogen and oxygen atoms in total. The van der Waals surface area contributed by atoms with Crippen molar-refractivity contribution in [1.82, 2.24) is 0 Å². The minimum atomic E-state index is -0.769. The van der Waals surface area contributed by atoms with Gasteiger partial charge in [-0.05, 0) is 44.9 Å². The summed E-state index contributed by atoms with van der Waals surface area (Å²) in [5.74, 6) is -0.841. The molecule has 0 radical (unpaired) electrons. The number of rotatable bonds is 67. The first-order valence-electron chi connectivity index (χ1n) is 35.7. The zero-order chi connectivity index (χ0) is 56.4. The fourth-order valence-electron chi connectivity index (χ4n) is 11.2. The van der Waals surface area contributed by atoms with Crippen LogP contribution in [0.4, 0.5) is 0 Å². The number of carbonyl (C=O) groups is 3. The third kappa shape index (κ3) is 65.0. The Morgan fingerprint density at radius 1 is 0.244 bits per heavy atom. The average Bonchev–Trinajstić information content (AvgIpc) is 3.44. The van der Waals surface area contributed by atoms with Gasteiger partial charge < -0.3 is 14.2 Å². The van der Waals surface area contributed by atoms with Crippen molar-refractivity contribution in [3.63, 3.8) is 0 Å². The highest BCUT2D eigenvalue weighted by Crippen LogP contribution is 2.19. The lowest BCUT2D eigenvalue weighted by atomic mass is 10.0. The summed E-state index contributed by atoms with van der Waals surface area (Å²) in [6, 6.07) is 0. The molecule has 0 spiro atoms. The Labute approximate surface area is 488 Å². The Morgan fingerprint density at radius 3 is 0.654 bits per heavy atom. The van der Waals surface area contributed by atoms with Crippen molar-refractivity contribution in [3.05, 3.63) is 12.2 Å². The van der Waals surface area contributed by atoms with Gasteiger partial charge in [0.15, 0.2) is 6.10 Å². The van der Waals surface area contributed by atoms with Crippen molar-refractivity contribution in [3.8, 4) is 0 Å². The number of esters is 3. The van der Waals surface area contributed by atoms with Crippen LogP contribution >= 0.6 is 0 Å². The molecule has 0 heterocycles. The van der Waals surface area contributed by atoms with Crippen molar-refractivity contribution >= 4 is 17.9 Å². The molecule has 0 bridgehead atoms. The summed E-state index contributed by atoms with van der Waals surface area (Å²) in [6.45, 7) is 6.71. The van der Waals surface area contributed by atoms with E-state index in [1.54, 1.807) is 0 Å². The second kappa shape index (κ2) is 67.7. The maximum Gasteiger partial charge on any atom is 0.306 e. The molecule has 6 heteroatoms. The van der Waals surface area contributed by atoms with Gasteiger partial charge in [-0.15, -0.1) is 0 Å². The van der Waals surface area contributed by atoms with Gasteiger partial charge in [0.25, 0.3) is 0 Å². The summed E-state index contributed by atoms with van der Waals surface area (Å²) in [7, 11) is 0. The fourth-order valence-corrected chi connectivity index (χ4v) is 11.2. The zero-order valence-electron chi connectivity index (χ0n) is 53.2. The van der Waals surface area contributed by atoms with Crippen LogP contribution in [-0.2, 0) is 28.6 Å². The predicted octanol–water partition coefficient (Wildman–Crippen LogP) is 24.4. The van der Waals surface area contributed by atoms with E-state index in [1.807, 2.05) is 0 Å². The smallest absolute Gasteiger partial charge is 0.306 e. The molecule has 0 N–H and O–H groups in total. The van der Waals surface area contributed by atoms with E-state index in [0.717, 1.165) is 64.2 Å². The number of carbonyl (C=O) groups excluding carboxylic acids is 3. The van der Waals surface area contributed by atoms with E-state index < -0.39 is 6.10 Å². The Morgan fingerprint density at radius 2 is 0.423 bits per heavy atom. The summed E-state index contributed by atoms with van der Waals surface area (Å²) in [5.41, 5.74) is 0. The standard InChI is InChI=1S/C72H138O6/c1-4-7-10-13-16-19-22-25-27-29-30-31-32-33-34-35-36-37-38-39-40-41-43-44-47-50-53-56-59-62-65-71(74)77-68-69(67-76-70(73)64-61-58-55-52-49-46-24-21-18-15-12-9-6-3)78-72(75)66-63-60-57-54-51-48-45-42-28-26-23-20-17-14-11-8-5-2/h21,24,69H,4-20,22-23,25-68H2,1-3H3/b24-21-. The van der Waals surface area contributed by atoms with E-state index in [9.17, 15) is 14.4 Å². The van der Waals surface area contributed by atoms with E-state index in [2.05, 4.69) is 32.9 Å². The van der Waals surface area contributed by atoms with Gasteiger partial charge in [0.05, 0.1) is 0 Å². The molecule has 0 amide bonds. The van der Waals surface area contributed by atoms with Crippen LogP contribution in [-0.4, -0.2) is 37.2 Å². The number of allylic oxidation sites excluding steroid dienone is 2. The van der Waals surface area contributed by atoms with Crippen molar-refractivity contribution in [2.24, 2.45) is 0 Å². The van der Waals surface area contributed by atoms with Crippen molar-refractivity contribution in [2.75, 3.05) is 13.2 Å². The van der Waals surface area contributed by atoms with Crippen LogP contribution in [0.3, 0.4) is 0 Å². The largest absolute Gasteiger partial charge is 0.462 e. The molecule has 0 aromatic carbocycles. The summed E-state index contributed by atoms with van der Waals surface area (Å²) in [6.07, 6.45) is 81.1. The summed E-state index contributed by atoms with van der Waals surface area (Å²) in [4.78, 5) is 38.4. The van der Waals surface area contributed by atoms with Crippen LogP contribution < -0.4 is 0 Å². The third-order valence-electron chi connectivity index (χ3n) is 16.5. The van der Waals surface area contributed by atoms with Crippen LogP contribution in [0.5, 0.6) is 0 Å². The van der Waals surface area contributed by atoms with Crippen LogP contribution in [0, 0.1) is 0 Å². The summed E-state index contributed by atoms with van der Waals surface area (Å²) in [5, 5.41) is 0. The number of ether oxygens (including phenoxy) is 3. The molecular weight excluding hydrogens is 961 g/mol. The first-order chi connectivity index (χ1) is 38.5. The second-order valence-electron chi connectivity index (χ2n) is 24.5. The molecule has 0 aromatic rings. The van der Waals surface area contributed by atoms with Crippen molar-refractivity contribution in [2.45, 2.75) is 419 Å². The monoisotopic (exact) mass is 1100 g/mol. The van der Waals surface area contributed by atoms with Crippen LogP contribution in [0.15, 0.2) is 12.2 Å². The van der Waals surface area contributed by atoms with Crippen LogP contribution in [0.25, 0.3) is 0 Å². The Hall–Kier alpha value is -1.85.